The van der Waals surface area contributed by atoms with E-state index in [-0.39, 0.29) is 24.5 Å². The first kappa shape index (κ1) is 17.5. The quantitative estimate of drug-likeness (QED) is 0.544. The van der Waals surface area contributed by atoms with Crippen molar-refractivity contribution in [1.29, 1.82) is 0 Å². The molecule has 0 amide bonds. The zero-order chi connectivity index (χ0) is 8.15. The van der Waals surface area contributed by atoms with E-state index in [0.717, 1.165) is 17.6 Å². The van der Waals surface area contributed by atoms with E-state index in [1.54, 1.807) is 0 Å². The molecule has 0 heterocycles. The highest BCUT2D eigenvalue weighted by atomic mass is 35.5. The predicted molar refractivity (Wildman–Crippen MR) is 53.0 cm³/mol. The van der Waals surface area contributed by atoms with Crippen LogP contribution in [0.25, 0.3) is 0 Å². The lowest BCUT2D eigenvalue weighted by Crippen LogP contribution is -2.05. The van der Waals surface area contributed by atoms with Crippen molar-refractivity contribution >= 4 is 18.4 Å². The fourth-order valence-electron chi connectivity index (χ4n) is 0.825. The Hall–Kier alpha value is -0.540. The highest BCUT2D eigenvalue weighted by Crippen LogP contribution is 2.08. The molecule has 4 heteroatoms. The molecule has 3 N–H and O–H groups in total. The zero-order valence-electron chi connectivity index (χ0n) is 8.14. The molecule has 0 aliphatic heterocycles. The van der Waals surface area contributed by atoms with Gasteiger partial charge in [-0.2, -0.15) is 0 Å². The second-order valence-corrected chi connectivity index (χ2v) is 2.32. The fraction of sp³-hybridized carbons (Fsp3) is 0.625. The molecule has 0 saturated heterocycles. The SMILES string of the molecule is CCC(C(=O)OC)=C(C)C.Cl.N. The van der Waals surface area contributed by atoms with Gasteiger partial charge in [0.15, 0.2) is 0 Å². The lowest BCUT2D eigenvalue weighted by molar-refractivity contribution is -0.136. The third-order valence-corrected chi connectivity index (χ3v) is 1.39. The number of carbonyl (C=O) groups excluding carboxylic acids is 1. The van der Waals surface area contributed by atoms with Crippen LogP contribution in [0.4, 0.5) is 0 Å². The van der Waals surface area contributed by atoms with Gasteiger partial charge in [-0.05, 0) is 20.3 Å². The minimum Gasteiger partial charge on any atom is -0.466 e. The maximum atomic E-state index is 10.9. The summed E-state index contributed by atoms with van der Waals surface area (Å²) in [6.07, 6.45) is 0.745. The first-order valence-corrected chi connectivity index (χ1v) is 3.38. The smallest absolute Gasteiger partial charge is 0.333 e. The number of halogens is 1. The largest absolute Gasteiger partial charge is 0.466 e. The van der Waals surface area contributed by atoms with Crippen LogP contribution < -0.4 is 6.15 Å². The van der Waals surface area contributed by atoms with Crippen LogP contribution in [-0.4, -0.2) is 13.1 Å². The Balaban J connectivity index is -0.000000405. The van der Waals surface area contributed by atoms with E-state index in [4.69, 9.17) is 0 Å². The van der Waals surface area contributed by atoms with E-state index in [9.17, 15) is 4.79 Å². The van der Waals surface area contributed by atoms with Gasteiger partial charge in [0.05, 0.1) is 7.11 Å². The topological polar surface area (TPSA) is 61.3 Å². The first-order chi connectivity index (χ1) is 4.63. The molecular weight excluding hydrogens is 178 g/mol. The Bertz CT molecular complexity index is 162. The van der Waals surface area contributed by atoms with Crippen molar-refractivity contribution in [3.05, 3.63) is 11.1 Å². The highest BCUT2D eigenvalue weighted by Gasteiger charge is 2.07. The molecule has 0 aliphatic carbocycles. The summed E-state index contributed by atoms with van der Waals surface area (Å²) in [7, 11) is 1.40. The number of rotatable bonds is 2. The number of allylic oxidation sites excluding steroid dienone is 1. The second-order valence-electron chi connectivity index (χ2n) is 2.32. The summed E-state index contributed by atoms with van der Waals surface area (Å²) in [6.45, 7) is 5.77. The molecule has 0 aromatic heterocycles. The molecule has 0 bridgehead atoms. The molecule has 0 saturated carbocycles. The average molecular weight is 196 g/mol. The van der Waals surface area contributed by atoms with Gasteiger partial charge in [-0.25, -0.2) is 4.79 Å². The number of methoxy groups -OCH3 is 1. The fourth-order valence-corrected chi connectivity index (χ4v) is 0.825. The summed E-state index contributed by atoms with van der Waals surface area (Å²) < 4.78 is 4.57. The van der Waals surface area contributed by atoms with E-state index in [1.807, 2.05) is 20.8 Å². The van der Waals surface area contributed by atoms with Gasteiger partial charge >= 0.3 is 5.97 Å². The minimum absolute atomic E-state index is 0. The Morgan fingerprint density at radius 1 is 1.33 bits per heavy atom. The van der Waals surface area contributed by atoms with Crippen LogP contribution in [0.15, 0.2) is 11.1 Å². The van der Waals surface area contributed by atoms with Crippen molar-refractivity contribution in [3.63, 3.8) is 0 Å². The van der Waals surface area contributed by atoms with E-state index in [1.165, 1.54) is 7.11 Å². The molecule has 0 radical (unpaired) electrons. The van der Waals surface area contributed by atoms with Gasteiger partial charge in [0, 0.05) is 5.57 Å². The summed E-state index contributed by atoms with van der Waals surface area (Å²) >= 11 is 0. The van der Waals surface area contributed by atoms with Gasteiger partial charge < -0.3 is 10.9 Å². The average Bonchev–Trinajstić information content (AvgIpc) is 1.88. The summed E-state index contributed by atoms with van der Waals surface area (Å²) in [6, 6.07) is 0. The van der Waals surface area contributed by atoms with Crippen molar-refractivity contribution < 1.29 is 9.53 Å². The van der Waals surface area contributed by atoms with Crippen LogP contribution in [0.2, 0.25) is 0 Å². The lowest BCUT2D eigenvalue weighted by atomic mass is 10.1. The normalized spacial score (nSPS) is 7.33. The van der Waals surface area contributed by atoms with E-state index in [0.29, 0.717) is 0 Å². The van der Waals surface area contributed by atoms with Crippen molar-refractivity contribution in [1.82, 2.24) is 6.15 Å². The van der Waals surface area contributed by atoms with Gasteiger partial charge in [-0.1, -0.05) is 12.5 Å². The van der Waals surface area contributed by atoms with E-state index < -0.39 is 0 Å². The first-order valence-electron chi connectivity index (χ1n) is 3.38. The predicted octanol–water partition coefficient (Wildman–Crippen LogP) is 2.49. The molecule has 0 aromatic rings. The number of carbonyl (C=O) groups is 1. The molecule has 74 valence electrons. The van der Waals surface area contributed by atoms with Gasteiger partial charge in [-0.3, -0.25) is 0 Å². The summed E-state index contributed by atoms with van der Waals surface area (Å²) in [5.74, 6) is -0.206. The molecule has 12 heavy (non-hydrogen) atoms. The molecule has 0 aromatic carbocycles. The standard InChI is InChI=1S/C8H14O2.ClH.H3N/c1-5-7(6(2)3)8(9)10-4;;/h5H2,1-4H3;1H;1H3. The van der Waals surface area contributed by atoms with E-state index >= 15 is 0 Å². The third kappa shape index (κ3) is 5.16. The van der Waals surface area contributed by atoms with E-state index in [2.05, 4.69) is 4.74 Å². The Morgan fingerprint density at radius 3 is 1.83 bits per heavy atom. The summed E-state index contributed by atoms with van der Waals surface area (Å²) in [5.41, 5.74) is 1.82. The van der Waals surface area contributed by atoms with Crippen LogP contribution in [0, 0.1) is 0 Å². The van der Waals surface area contributed by atoms with Gasteiger partial charge in [0.2, 0.25) is 0 Å². The van der Waals surface area contributed by atoms with Crippen molar-refractivity contribution in [2.24, 2.45) is 0 Å². The maximum Gasteiger partial charge on any atom is 0.333 e. The third-order valence-electron chi connectivity index (χ3n) is 1.39. The van der Waals surface area contributed by atoms with Gasteiger partial charge in [0.1, 0.15) is 0 Å². The van der Waals surface area contributed by atoms with Crippen LogP contribution >= 0.6 is 12.4 Å². The molecule has 3 nitrogen and oxygen atoms in total. The molecule has 0 unspecified atom stereocenters. The Morgan fingerprint density at radius 2 is 1.75 bits per heavy atom. The molecule has 0 rings (SSSR count). The zero-order valence-corrected chi connectivity index (χ0v) is 8.96. The van der Waals surface area contributed by atoms with Gasteiger partial charge in [-0.15, -0.1) is 12.4 Å². The minimum atomic E-state index is -0.206. The van der Waals surface area contributed by atoms with Crippen molar-refractivity contribution in [2.45, 2.75) is 27.2 Å². The monoisotopic (exact) mass is 195 g/mol. The molecule has 0 atom stereocenters. The lowest BCUT2D eigenvalue weighted by Gasteiger charge is -2.02. The Kier molecular flexibility index (Phi) is 12.5. The van der Waals surface area contributed by atoms with Gasteiger partial charge in [0.25, 0.3) is 0 Å². The summed E-state index contributed by atoms with van der Waals surface area (Å²) in [5, 5.41) is 0. The molecular formula is C8H18ClNO2. The molecule has 0 spiro atoms. The molecule has 0 fully saturated rings. The number of hydrogen-bond donors (Lipinski definition) is 1. The second kappa shape index (κ2) is 8.56. The van der Waals surface area contributed by atoms with Crippen molar-refractivity contribution in [2.75, 3.05) is 7.11 Å². The van der Waals surface area contributed by atoms with Crippen LogP contribution in [0.3, 0.4) is 0 Å². The Labute approximate surface area is 80.2 Å². The maximum absolute atomic E-state index is 10.9. The van der Waals surface area contributed by atoms with Crippen LogP contribution in [0.1, 0.15) is 27.2 Å². The van der Waals surface area contributed by atoms with Crippen LogP contribution in [-0.2, 0) is 9.53 Å². The number of ether oxygens (including phenoxy) is 1. The highest BCUT2D eigenvalue weighted by molar-refractivity contribution is 5.88. The number of esters is 1. The van der Waals surface area contributed by atoms with Crippen LogP contribution in [0.5, 0.6) is 0 Å². The number of hydrogen-bond acceptors (Lipinski definition) is 3. The van der Waals surface area contributed by atoms with Crippen molar-refractivity contribution in [3.8, 4) is 0 Å². The molecule has 0 aliphatic rings. The summed E-state index contributed by atoms with van der Waals surface area (Å²) in [4.78, 5) is 10.9.